The van der Waals surface area contributed by atoms with E-state index in [1.807, 2.05) is 24.3 Å². The first kappa shape index (κ1) is 13.4. The molecule has 1 aliphatic heterocycles. The van der Waals surface area contributed by atoms with Crippen LogP contribution in [0.2, 0.25) is 0 Å². The van der Waals surface area contributed by atoms with Gasteiger partial charge in [-0.15, -0.1) is 0 Å². The summed E-state index contributed by atoms with van der Waals surface area (Å²) in [4.78, 5) is 0. The van der Waals surface area contributed by atoms with E-state index in [1.165, 1.54) is 5.56 Å². The average Bonchev–Trinajstić information content (AvgIpc) is 2.29. The van der Waals surface area contributed by atoms with E-state index >= 15 is 0 Å². The highest BCUT2D eigenvalue weighted by Gasteiger charge is 2.35. The molecule has 0 aromatic heterocycles. The molecule has 0 spiro atoms. The van der Waals surface area contributed by atoms with E-state index in [0.717, 1.165) is 31.6 Å². The van der Waals surface area contributed by atoms with Crippen LogP contribution in [0.1, 0.15) is 18.4 Å². The molecule has 5 heteroatoms. The van der Waals surface area contributed by atoms with Crippen LogP contribution in [0.15, 0.2) is 24.3 Å². The molecular weight excluding hydrogens is 250 g/mol. The predicted octanol–water partition coefficient (Wildman–Crippen LogP) is 1.14. The molecule has 0 unspecified atom stereocenters. The fourth-order valence-corrected chi connectivity index (χ4v) is 3.16. The van der Waals surface area contributed by atoms with Crippen molar-refractivity contribution in [3.8, 4) is 5.75 Å². The molecule has 100 valence electrons. The molecule has 0 bridgehead atoms. The fourth-order valence-electron chi connectivity index (χ4n) is 1.99. The number of sulfone groups is 1. The van der Waals surface area contributed by atoms with Crippen LogP contribution in [0.5, 0.6) is 5.75 Å². The number of hydrogen-bond donors (Lipinski definition) is 1. The first-order valence-corrected chi connectivity index (χ1v) is 8.07. The molecule has 0 radical (unpaired) electrons. The third kappa shape index (κ3) is 3.71. The number of nitrogens with two attached hydrogens (primary N) is 1. The summed E-state index contributed by atoms with van der Waals surface area (Å²) in [5, 5.41) is 0. The summed E-state index contributed by atoms with van der Waals surface area (Å²) < 4.78 is 27.6. The standard InChI is InChI=1S/C13H19NO3S/c14-8-2-1-3-11-4-6-12(7-5-11)17-13-9-18(15,16)10-13/h4-7,13H,1-3,8-10,14H2. The number of unbranched alkanes of at least 4 members (excludes halogenated alkanes) is 1. The summed E-state index contributed by atoms with van der Waals surface area (Å²) in [6.07, 6.45) is 2.99. The van der Waals surface area contributed by atoms with Crippen LogP contribution in [0.4, 0.5) is 0 Å². The lowest BCUT2D eigenvalue weighted by Crippen LogP contribution is -2.45. The van der Waals surface area contributed by atoms with Crippen molar-refractivity contribution in [1.29, 1.82) is 0 Å². The van der Waals surface area contributed by atoms with E-state index < -0.39 is 9.84 Å². The number of hydrogen-bond acceptors (Lipinski definition) is 4. The third-order valence-corrected chi connectivity index (χ3v) is 4.78. The zero-order chi connectivity index (χ0) is 13.0. The van der Waals surface area contributed by atoms with Gasteiger partial charge in [0.25, 0.3) is 0 Å². The van der Waals surface area contributed by atoms with Crippen LogP contribution in [-0.4, -0.2) is 32.6 Å². The van der Waals surface area contributed by atoms with Gasteiger partial charge in [-0.05, 0) is 43.5 Å². The van der Waals surface area contributed by atoms with E-state index in [4.69, 9.17) is 10.5 Å². The Morgan fingerprint density at radius 3 is 2.39 bits per heavy atom. The molecular formula is C13H19NO3S. The monoisotopic (exact) mass is 269 g/mol. The molecule has 2 N–H and O–H groups in total. The highest BCUT2D eigenvalue weighted by atomic mass is 32.2. The SMILES string of the molecule is NCCCCc1ccc(OC2CS(=O)(=O)C2)cc1. The van der Waals surface area contributed by atoms with Gasteiger partial charge in [0.2, 0.25) is 0 Å². The van der Waals surface area contributed by atoms with Crippen LogP contribution in [0, 0.1) is 0 Å². The highest BCUT2D eigenvalue weighted by molar-refractivity contribution is 7.92. The summed E-state index contributed by atoms with van der Waals surface area (Å²) in [6, 6.07) is 7.86. The minimum absolute atomic E-state index is 0.144. The summed E-state index contributed by atoms with van der Waals surface area (Å²) in [7, 11) is -2.81. The lowest BCUT2D eigenvalue weighted by molar-refractivity contribution is 0.230. The van der Waals surface area contributed by atoms with Crippen LogP contribution < -0.4 is 10.5 Å². The molecule has 0 aliphatic carbocycles. The molecule has 2 rings (SSSR count). The van der Waals surface area contributed by atoms with Crippen molar-refractivity contribution in [2.45, 2.75) is 25.4 Å². The molecule has 1 aliphatic rings. The van der Waals surface area contributed by atoms with Crippen molar-refractivity contribution in [3.05, 3.63) is 29.8 Å². The van der Waals surface area contributed by atoms with Gasteiger partial charge in [-0.2, -0.15) is 0 Å². The van der Waals surface area contributed by atoms with Crippen LogP contribution >= 0.6 is 0 Å². The minimum Gasteiger partial charge on any atom is -0.488 e. The van der Waals surface area contributed by atoms with Gasteiger partial charge in [-0.1, -0.05) is 12.1 Å². The molecule has 1 aromatic rings. The Balaban J connectivity index is 1.81. The molecule has 0 atom stereocenters. The summed E-state index contributed by atoms with van der Waals surface area (Å²) in [5.41, 5.74) is 6.71. The average molecular weight is 269 g/mol. The van der Waals surface area contributed by atoms with Gasteiger partial charge >= 0.3 is 0 Å². The normalized spacial score (nSPS) is 18.3. The summed E-state index contributed by atoms with van der Waals surface area (Å²) in [5.74, 6) is 1.04. The fraction of sp³-hybridized carbons (Fsp3) is 0.538. The second-order valence-electron chi connectivity index (χ2n) is 4.71. The molecule has 0 saturated carbocycles. The second kappa shape index (κ2) is 5.71. The van der Waals surface area contributed by atoms with E-state index in [-0.39, 0.29) is 17.6 Å². The van der Waals surface area contributed by atoms with Crippen LogP contribution in [-0.2, 0) is 16.3 Å². The minimum atomic E-state index is -2.81. The largest absolute Gasteiger partial charge is 0.488 e. The van der Waals surface area contributed by atoms with E-state index in [9.17, 15) is 8.42 Å². The molecule has 1 saturated heterocycles. The van der Waals surface area contributed by atoms with Gasteiger partial charge < -0.3 is 10.5 Å². The van der Waals surface area contributed by atoms with Crippen LogP contribution in [0.25, 0.3) is 0 Å². The molecule has 4 nitrogen and oxygen atoms in total. The lowest BCUT2D eigenvalue weighted by Gasteiger charge is -2.26. The molecule has 1 heterocycles. The van der Waals surface area contributed by atoms with Gasteiger partial charge in [-0.3, -0.25) is 0 Å². The van der Waals surface area contributed by atoms with Gasteiger partial charge in [0, 0.05) is 0 Å². The second-order valence-corrected chi connectivity index (χ2v) is 6.86. The lowest BCUT2D eigenvalue weighted by atomic mass is 10.1. The Hall–Kier alpha value is -1.07. The van der Waals surface area contributed by atoms with Gasteiger partial charge in [0.15, 0.2) is 9.84 Å². The van der Waals surface area contributed by atoms with Crippen LogP contribution in [0.3, 0.4) is 0 Å². The molecule has 18 heavy (non-hydrogen) atoms. The summed E-state index contributed by atoms with van der Waals surface area (Å²) >= 11 is 0. The quantitative estimate of drug-likeness (QED) is 0.786. The Bertz CT molecular complexity index is 469. The number of ether oxygens (including phenoxy) is 1. The number of rotatable bonds is 6. The predicted molar refractivity (Wildman–Crippen MR) is 71.5 cm³/mol. The zero-order valence-corrected chi connectivity index (χ0v) is 11.2. The van der Waals surface area contributed by atoms with Crippen molar-refractivity contribution in [1.82, 2.24) is 0 Å². The zero-order valence-electron chi connectivity index (χ0n) is 10.3. The van der Waals surface area contributed by atoms with E-state index in [1.54, 1.807) is 0 Å². The number of benzene rings is 1. The van der Waals surface area contributed by atoms with Gasteiger partial charge in [0.1, 0.15) is 11.9 Å². The van der Waals surface area contributed by atoms with Crippen molar-refractivity contribution >= 4 is 9.84 Å². The first-order chi connectivity index (χ1) is 8.59. The Labute approximate surface area is 108 Å². The van der Waals surface area contributed by atoms with Crippen molar-refractivity contribution in [2.75, 3.05) is 18.1 Å². The highest BCUT2D eigenvalue weighted by Crippen LogP contribution is 2.20. The van der Waals surface area contributed by atoms with E-state index in [2.05, 4.69) is 0 Å². The molecule has 1 aromatic carbocycles. The topological polar surface area (TPSA) is 69.4 Å². The van der Waals surface area contributed by atoms with Gasteiger partial charge in [0.05, 0.1) is 11.5 Å². The maximum atomic E-state index is 11.0. The smallest absolute Gasteiger partial charge is 0.157 e. The Kier molecular flexibility index (Phi) is 4.24. The van der Waals surface area contributed by atoms with Crippen molar-refractivity contribution in [3.63, 3.8) is 0 Å². The van der Waals surface area contributed by atoms with E-state index in [0.29, 0.717) is 0 Å². The third-order valence-electron chi connectivity index (χ3n) is 3.03. The molecule has 0 amide bonds. The van der Waals surface area contributed by atoms with Crippen molar-refractivity contribution in [2.24, 2.45) is 5.73 Å². The maximum Gasteiger partial charge on any atom is 0.157 e. The number of aryl methyl sites for hydroxylation is 1. The maximum absolute atomic E-state index is 11.0. The first-order valence-electron chi connectivity index (χ1n) is 6.25. The summed E-state index contributed by atoms with van der Waals surface area (Å²) in [6.45, 7) is 0.733. The van der Waals surface area contributed by atoms with Gasteiger partial charge in [-0.25, -0.2) is 8.42 Å². The molecule has 1 fully saturated rings. The van der Waals surface area contributed by atoms with Crippen molar-refractivity contribution < 1.29 is 13.2 Å². The Morgan fingerprint density at radius 2 is 1.83 bits per heavy atom. The Morgan fingerprint density at radius 1 is 1.17 bits per heavy atom.